The van der Waals surface area contributed by atoms with E-state index in [9.17, 15) is 4.39 Å². The lowest BCUT2D eigenvalue weighted by atomic mass is 9.71. The van der Waals surface area contributed by atoms with Crippen LogP contribution in [0.2, 0.25) is 0 Å². The Labute approximate surface area is 87.3 Å². The quantitative estimate of drug-likeness (QED) is 0.588. The second-order valence-electron chi connectivity index (χ2n) is 5.53. The van der Waals surface area contributed by atoms with Gasteiger partial charge in [0.05, 0.1) is 0 Å². The van der Waals surface area contributed by atoms with Crippen LogP contribution >= 0.6 is 0 Å². The van der Waals surface area contributed by atoms with Gasteiger partial charge in [-0.15, -0.1) is 0 Å². The van der Waals surface area contributed by atoms with Gasteiger partial charge in [0.2, 0.25) is 0 Å². The van der Waals surface area contributed by atoms with Crippen molar-refractivity contribution in [1.82, 2.24) is 0 Å². The molecule has 0 atom stereocenters. The highest BCUT2D eigenvalue weighted by Gasteiger charge is 2.29. The summed E-state index contributed by atoms with van der Waals surface area (Å²) in [4.78, 5) is 0. The summed E-state index contributed by atoms with van der Waals surface area (Å²) in [6.07, 6.45) is 9.22. The maximum Gasteiger partial charge on any atom is 0.100 e. The molecule has 0 radical (unpaired) electrons. The molecule has 82 valence electrons. The van der Waals surface area contributed by atoms with Crippen LogP contribution in [0.3, 0.4) is 0 Å². The molecular weight excluding hydrogens is 175 g/mol. The maximum absolute atomic E-state index is 13.0. The van der Waals surface area contributed by atoms with E-state index in [0.717, 1.165) is 30.6 Å². The number of hydrogen-bond acceptors (Lipinski definition) is 0. The minimum Gasteiger partial charge on any atom is -0.247 e. The fourth-order valence-corrected chi connectivity index (χ4v) is 3.31. The van der Waals surface area contributed by atoms with Gasteiger partial charge in [-0.2, -0.15) is 0 Å². The Morgan fingerprint density at radius 3 is 1.64 bits per heavy atom. The van der Waals surface area contributed by atoms with Crippen molar-refractivity contribution in [3.63, 3.8) is 0 Å². The van der Waals surface area contributed by atoms with Crippen molar-refractivity contribution in [2.24, 2.45) is 17.8 Å². The van der Waals surface area contributed by atoms with Gasteiger partial charge in [-0.3, -0.25) is 0 Å². The molecule has 0 unspecified atom stereocenters. The van der Waals surface area contributed by atoms with Gasteiger partial charge in [0.15, 0.2) is 0 Å². The molecule has 0 N–H and O–H groups in total. The molecule has 0 saturated heterocycles. The fraction of sp³-hybridized carbons (Fsp3) is 1.00. The summed E-state index contributed by atoms with van der Waals surface area (Å²) in [6.45, 7) is 2.37. The molecule has 0 aromatic heterocycles. The zero-order valence-electron chi connectivity index (χ0n) is 9.34. The van der Waals surface area contributed by atoms with Gasteiger partial charge < -0.3 is 0 Å². The first-order valence-corrected chi connectivity index (χ1v) is 6.39. The molecule has 0 aromatic carbocycles. The lowest BCUT2D eigenvalue weighted by Crippen LogP contribution is -2.25. The first-order valence-electron chi connectivity index (χ1n) is 6.39. The normalized spacial score (nSPS) is 45.0. The highest BCUT2D eigenvalue weighted by atomic mass is 19.1. The van der Waals surface area contributed by atoms with Gasteiger partial charge in [0.25, 0.3) is 0 Å². The van der Waals surface area contributed by atoms with Crippen LogP contribution in [-0.2, 0) is 0 Å². The van der Waals surface area contributed by atoms with Crippen LogP contribution in [0.4, 0.5) is 4.39 Å². The summed E-state index contributed by atoms with van der Waals surface area (Å²) in [7, 11) is 0. The van der Waals surface area contributed by atoms with Crippen molar-refractivity contribution < 1.29 is 4.39 Å². The van der Waals surface area contributed by atoms with E-state index < -0.39 is 6.17 Å². The van der Waals surface area contributed by atoms with Crippen LogP contribution in [0.5, 0.6) is 0 Å². The molecule has 0 aliphatic heterocycles. The monoisotopic (exact) mass is 198 g/mol. The molecule has 0 spiro atoms. The second kappa shape index (κ2) is 4.63. The van der Waals surface area contributed by atoms with Crippen molar-refractivity contribution >= 4 is 0 Å². The average molecular weight is 198 g/mol. The lowest BCUT2D eigenvalue weighted by Gasteiger charge is -2.35. The topological polar surface area (TPSA) is 0 Å². The van der Waals surface area contributed by atoms with Crippen LogP contribution < -0.4 is 0 Å². The molecule has 0 aromatic rings. The van der Waals surface area contributed by atoms with Crippen molar-refractivity contribution in [2.45, 2.75) is 64.5 Å². The summed E-state index contributed by atoms with van der Waals surface area (Å²) in [5.41, 5.74) is 0. The minimum absolute atomic E-state index is 0.478. The Balaban J connectivity index is 1.78. The first-order chi connectivity index (χ1) is 6.75. The fourth-order valence-electron chi connectivity index (χ4n) is 3.31. The Bertz CT molecular complexity index is 142. The Morgan fingerprint density at radius 2 is 1.14 bits per heavy atom. The molecular formula is C13H23F. The number of rotatable bonds is 1. The maximum atomic E-state index is 13.0. The van der Waals surface area contributed by atoms with Crippen LogP contribution in [0.15, 0.2) is 0 Å². The van der Waals surface area contributed by atoms with Gasteiger partial charge >= 0.3 is 0 Å². The third-order valence-corrected chi connectivity index (χ3v) is 4.43. The number of alkyl halides is 1. The van der Waals surface area contributed by atoms with E-state index in [0.29, 0.717) is 0 Å². The Hall–Kier alpha value is -0.0700. The molecule has 0 nitrogen and oxygen atoms in total. The van der Waals surface area contributed by atoms with Gasteiger partial charge in [0.1, 0.15) is 6.17 Å². The molecule has 2 aliphatic rings. The highest BCUT2D eigenvalue weighted by Crippen LogP contribution is 2.40. The van der Waals surface area contributed by atoms with E-state index in [2.05, 4.69) is 6.92 Å². The third kappa shape index (κ3) is 2.49. The largest absolute Gasteiger partial charge is 0.247 e. The minimum atomic E-state index is -0.478. The van der Waals surface area contributed by atoms with E-state index >= 15 is 0 Å². The SMILES string of the molecule is CC1CCC(C2CCC(F)CC2)CC1. The van der Waals surface area contributed by atoms with E-state index in [4.69, 9.17) is 0 Å². The Morgan fingerprint density at radius 1 is 0.714 bits per heavy atom. The van der Waals surface area contributed by atoms with Crippen LogP contribution in [0.25, 0.3) is 0 Å². The van der Waals surface area contributed by atoms with Crippen molar-refractivity contribution in [3.05, 3.63) is 0 Å². The predicted molar refractivity (Wildman–Crippen MR) is 58.0 cm³/mol. The van der Waals surface area contributed by atoms with E-state index in [1.165, 1.54) is 38.5 Å². The van der Waals surface area contributed by atoms with Gasteiger partial charge in [-0.25, -0.2) is 4.39 Å². The predicted octanol–water partition coefficient (Wildman–Crippen LogP) is 4.34. The smallest absolute Gasteiger partial charge is 0.100 e. The molecule has 1 heteroatoms. The van der Waals surface area contributed by atoms with Crippen LogP contribution in [0, 0.1) is 17.8 Å². The summed E-state index contributed by atoms with van der Waals surface area (Å²) in [5, 5.41) is 0. The molecule has 0 heterocycles. The summed E-state index contributed by atoms with van der Waals surface area (Å²) in [5.74, 6) is 2.76. The standard InChI is InChI=1S/C13H23F/c1-10-2-4-11(5-3-10)12-6-8-13(14)9-7-12/h10-13H,2-9H2,1H3. The molecule has 0 amide bonds. The van der Waals surface area contributed by atoms with E-state index in [1.54, 1.807) is 0 Å². The van der Waals surface area contributed by atoms with E-state index in [-0.39, 0.29) is 0 Å². The Kier molecular flexibility index (Phi) is 3.46. The highest BCUT2D eigenvalue weighted by molar-refractivity contribution is 4.80. The molecule has 14 heavy (non-hydrogen) atoms. The van der Waals surface area contributed by atoms with Gasteiger partial charge in [-0.05, 0) is 56.3 Å². The van der Waals surface area contributed by atoms with Crippen molar-refractivity contribution in [1.29, 1.82) is 0 Å². The molecule has 2 rings (SSSR count). The van der Waals surface area contributed by atoms with Crippen molar-refractivity contribution in [2.75, 3.05) is 0 Å². The van der Waals surface area contributed by atoms with Crippen LogP contribution in [0.1, 0.15) is 58.3 Å². The third-order valence-electron chi connectivity index (χ3n) is 4.43. The molecule has 0 bridgehead atoms. The van der Waals surface area contributed by atoms with Gasteiger partial charge in [0, 0.05) is 0 Å². The molecule has 2 fully saturated rings. The van der Waals surface area contributed by atoms with E-state index in [1.807, 2.05) is 0 Å². The summed E-state index contributed by atoms with van der Waals surface area (Å²) in [6, 6.07) is 0. The lowest BCUT2D eigenvalue weighted by molar-refractivity contribution is 0.131. The molecule has 2 saturated carbocycles. The van der Waals surface area contributed by atoms with Crippen molar-refractivity contribution in [3.8, 4) is 0 Å². The zero-order chi connectivity index (χ0) is 9.97. The zero-order valence-corrected chi connectivity index (χ0v) is 9.34. The number of hydrogen-bond donors (Lipinski definition) is 0. The van der Waals surface area contributed by atoms with Crippen LogP contribution in [-0.4, -0.2) is 6.17 Å². The second-order valence-corrected chi connectivity index (χ2v) is 5.53. The number of halogens is 1. The average Bonchev–Trinajstić information content (AvgIpc) is 2.21. The summed E-state index contributed by atoms with van der Waals surface area (Å²) < 4.78 is 13.0. The summed E-state index contributed by atoms with van der Waals surface area (Å²) >= 11 is 0. The van der Waals surface area contributed by atoms with Gasteiger partial charge in [-0.1, -0.05) is 19.8 Å². The first kappa shape index (κ1) is 10.4. The molecule has 2 aliphatic carbocycles.